The number of hydrogen-bond donors (Lipinski definition) is 3. The van der Waals surface area contributed by atoms with Gasteiger partial charge in [0.2, 0.25) is 11.8 Å². The number of carbonyl (C=O) groups excluding carboxylic acids is 1. The quantitative estimate of drug-likeness (QED) is 0.497. The average molecular weight is 389 g/mol. The van der Waals surface area contributed by atoms with Gasteiger partial charge in [-0.3, -0.25) is 9.79 Å². The lowest BCUT2D eigenvalue weighted by molar-refractivity contribution is -0.121. The lowest BCUT2D eigenvalue weighted by Crippen LogP contribution is -2.42. The lowest BCUT2D eigenvalue weighted by atomic mass is 9.94. The Hall–Kier alpha value is -2.90. The van der Waals surface area contributed by atoms with Crippen LogP contribution in [0.1, 0.15) is 38.0 Å². The van der Waals surface area contributed by atoms with Crippen LogP contribution in [0.4, 0.5) is 4.39 Å². The van der Waals surface area contributed by atoms with Crippen LogP contribution in [-0.4, -0.2) is 30.4 Å². The van der Waals surface area contributed by atoms with E-state index < -0.39 is 11.8 Å². The number of carbonyl (C=O) groups is 1. The largest absolute Gasteiger partial charge is 0.443 e. The summed E-state index contributed by atoms with van der Waals surface area (Å²) in [4.78, 5) is 20.2. The highest BCUT2D eigenvalue weighted by Crippen LogP contribution is 2.22. The zero-order valence-electron chi connectivity index (χ0n) is 16.8. The number of hydrogen-bond acceptors (Lipinski definition) is 4. The van der Waals surface area contributed by atoms with E-state index in [0.717, 1.165) is 11.3 Å². The molecule has 2 aromatic rings. The molecule has 2 rings (SSSR count). The molecule has 1 amide bonds. The number of nitrogens with one attached hydrogen (secondary N) is 2. The lowest BCUT2D eigenvalue weighted by Gasteiger charge is -2.17. The van der Waals surface area contributed by atoms with Crippen molar-refractivity contribution in [3.05, 3.63) is 53.5 Å². The number of guanidine groups is 1. The number of amides is 1. The van der Waals surface area contributed by atoms with Crippen molar-refractivity contribution >= 4 is 11.9 Å². The molecular formula is C20H28FN5O2. The Labute approximate surface area is 164 Å². The molecule has 1 aromatic heterocycles. The van der Waals surface area contributed by atoms with E-state index in [4.69, 9.17) is 10.2 Å². The van der Waals surface area contributed by atoms with Gasteiger partial charge in [-0.2, -0.15) is 0 Å². The van der Waals surface area contributed by atoms with Gasteiger partial charge in [-0.1, -0.05) is 32.9 Å². The van der Waals surface area contributed by atoms with Crippen LogP contribution in [0.2, 0.25) is 0 Å². The summed E-state index contributed by atoms with van der Waals surface area (Å²) in [6.07, 6.45) is 2.13. The van der Waals surface area contributed by atoms with Crippen molar-refractivity contribution < 1.29 is 13.6 Å². The van der Waals surface area contributed by atoms with E-state index in [0.29, 0.717) is 31.4 Å². The molecule has 0 saturated heterocycles. The summed E-state index contributed by atoms with van der Waals surface area (Å²) in [5.74, 6) is 0.642. The fraction of sp³-hybridized carbons (Fsp3) is 0.450. The van der Waals surface area contributed by atoms with Gasteiger partial charge in [0.05, 0.1) is 18.7 Å². The summed E-state index contributed by atoms with van der Waals surface area (Å²) in [6.45, 7) is 6.81. The molecule has 0 radical (unpaired) electrons. The number of primary amides is 1. The van der Waals surface area contributed by atoms with Crippen LogP contribution in [-0.2, 0) is 23.2 Å². The van der Waals surface area contributed by atoms with Crippen LogP contribution in [0.3, 0.4) is 0 Å². The number of aromatic nitrogens is 1. The number of nitrogens with zero attached hydrogens (tertiary/aromatic N) is 2. The Morgan fingerprint density at radius 2 is 1.96 bits per heavy atom. The van der Waals surface area contributed by atoms with Crippen LogP contribution < -0.4 is 16.4 Å². The Morgan fingerprint density at radius 3 is 2.50 bits per heavy atom. The molecule has 0 saturated carbocycles. The van der Waals surface area contributed by atoms with E-state index >= 15 is 0 Å². The molecule has 0 spiro atoms. The van der Waals surface area contributed by atoms with E-state index in [1.807, 2.05) is 0 Å². The second-order valence-electron chi connectivity index (χ2n) is 7.60. The summed E-state index contributed by atoms with van der Waals surface area (Å²) in [5, 5.41) is 6.18. The summed E-state index contributed by atoms with van der Waals surface area (Å²) in [7, 11) is 1.63. The zero-order chi connectivity index (χ0) is 20.7. The van der Waals surface area contributed by atoms with Gasteiger partial charge in [0, 0.05) is 19.0 Å². The van der Waals surface area contributed by atoms with E-state index in [1.54, 1.807) is 25.4 Å². The number of aliphatic imine (C=N–C) groups is 1. The predicted octanol–water partition coefficient (Wildman–Crippen LogP) is 2.12. The minimum Gasteiger partial charge on any atom is -0.443 e. The molecule has 0 fully saturated rings. The Bertz CT molecular complexity index is 809. The molecule has 1 unspecified atom stereocenters. The maximum Gasteiger partial charge on any atom is 0.222 e. The molecule has 1 aromatic carbocycles. The van der Waals surface area contributed by atoms with Gasteiger partial charge in [0.1, 0.15) is 11.6 Å². The Balaban J connectivity index is 1.89. The molecule has 4 N–H and O–H groups in total. The van der Waals surface area contributed by atoms with Crippen molar-refractivity contribution in [2.24, 2.45) is 16.6 Å². The van der Waals surface area contributed by atoms with Crippen molar-refractivity contribution in [2.45, 2.75) is 39.2 Å². The summed E-state index contributed by atoms with van der Waals surface area (Å²) >= 11 is 0. The summed E-state index contributed by atoms with van der Waals surface area (Å²) in [6, 6.07) is 6.02. The third kappa shape index (κ3) is 6.37. The molecule has 8 heteroatoms. The minimum atomic E-state index is -0.460. The van der Waals surface area contributed by atoms with E-state index in [1.165, 1.54) is 12.1 Å². The standard InChI is InChI=1S/C20H28FN5O2/c1-20(2,3)16-11-24-17(28-16)12-26-19(23-4)25-10-14(18(22)27)9-13-5-7-15(21)8-6-13/h5-8,11,14H,9-10,12H2,1-4H3,(H2,22,27)(H2,23,25,26). The Morgan fingerprint density at radius 1 is 1.29 bits per heavy atom. The van der Waals surface area contributed by atoms with Gasteiger partial charge in [-0.25, -0.2) is 9.37 Å². The summed E-state index contributed by atoms with van der Waals surface area (Å²) in [5.41, 5.74) is 6.24. The fourth-order valence-electron chi connectivity index (χ4n) is 2.52. The number of nitrogens with two attached hydrogens (primary N) is 1. The maximum atomic E-state index is 13.0. The topological polar surface area (TPSA) is 106 Å². The first-order valence-electron chi connectivity index (χ1n) is 9.12. The van der Waals surface area contributed by atoms with Crippen molar-refractivity contribution in [3.63, 3.8) is 0 Å². The Kier molecular flexibility index (Phi) is 7.14. The normalized spacial score (nSPS) is 13.2. The van der Waals surface area contributed by atoms with E-state index in [9.17, 15) is 9.18 Å². The van der Waals surface area contributed by atoms with Crippen LogP contribution in [0, 0.1) is 11.7 Å². The summed E-state index contributed by atoms with van der Waals surface area (Å²) < 4.78 is 18.8. The molecule has 1 heterocycles. The average Bonchev–Trinajstić information content (AvgIpc) is 3.11. The number of rotatable bonds is 7. The van der Waals surface area contributed by atoms with Gasteiger partial charge in [-0.15, -0.1) is 0 Å². The van der Waals surface area contributed by atoms with Crippen LogP contribution in [0.15, 0.2) is 39.9 Å². The van der Waals surface area contributed by atoms with Crippen molar-refractivity contribution in [2.75, 3.05) is 13.6 Å². The predicted molar refractivity (Wildman–Crippen MR) is 106 cm³/mol. The molecule has 0 aliphatic carbocycles. The first-order valence-corrected chi connectivity index (χ1v) is 9.12. The minimum absolute atomic E-state index is 0.111. The van der Waals surface area contributed by atoms with Gasteiger partial charge in [-0.05, 0) is 24.1 Å². The first kappa shape index (κ1) is 21.4. The zero-order valence-corrected chi connectivity index (χ0v) is 16.8. The van der Waals surface area contributed by atoms with Crippen molar-refractivity contribution in [1.29, 1.82) is 0 Å². The highest BCUT2D eigenvalue weighted by molar-refractivity contribution is 5.81. The molecule has 0 bridgehead atoms. The SMILES string of the molecule is CN=C(NCc1ncc(C(C)(C)C)o1)NCC(Cc1ccc(F)cc1)C(N)=O. The first-order chi connectivity index (χ1) is 13.2. The molecule has 0 aliphatic heterocycles. The van der Waals surface area contributed by atoms with Crippen LogP contribution in [0.25, 0.3) is 0 Å². The fourth-order valence-corrected chi connectivity index (χ4v) is 2.52. The molecule has 28 heavy (non-hydrogen) atoms. The van der Waals surface area contributed by atoms with Gasteiger partial charge in [0.25, 0.3) is 0 Å². The maximum absolute atomic E-state index is 13.0. The van der Waals surface area contributed by atoms with Gasteiger partial charge >= 0.3 is 0 Å². The molecule has 152 valence electrons. The molecule has 0 aliphatic rings. The number of oxazole rings is 1. The van der Waals surface area contributed by atoms with Gasteiger partial charge < -0.3 is 20.8 Å². The number of benzene rings is 1. The molecule has 1 atom stereocenters. The third-order valence-corrected chi connectivity index (χ3v) is 4.24. The van der Waals surface area contributed by atoms with E-state index in [2.05, 4.69) is 41.4 Å². The molecule has 7 nitrogen and oxygen atoms in total. The van der Waals surface area contributed by atoms with Crippen LogP contribution >= 0.6 is 0 Å². The second-order valence-corrected chi connectivity index (χ2v) is 7.60. The highest BCUT2D eigenvalue weighted by atomic mass is 19.1. The van der Waals surface area contributed by atoms with Gasteiger partial charge in [0.15, 0.2) is 5.96 Å². The van der Waals surface area contributed by atoms with E-state index in [-0.39, 0.29) is 11.2 Å². The van der Waals surface area contributed by atoms with Crippen molar-refractivity contribution in [3.8, 4) is 0 Å². The smallest absolute Gasteiger partial charge is 0.222 e. The monoisotopic (exact) mass is 389 g/mol. The number of halogens is 1. The third-order valence-electron chi connectivity index (χ3n) is 4.24. The molecular weight excluding hydrogens is 361 g/mol. The highest BCUT2D eigenvalue weighted by Gasteiger charge is 2.20. The van der Waals surface area contributed by atoms with Crippen molar-refractivity contribution in [1.82, 2.24) is 15.6 Å². The van der Waals surface area contributed by atoms with Crippen LogP contribution in [0.5, 0.6) is 0 Å². The second kappa shape index (κ2) is 9.34.